The quantitative estimate of drug-likeness (QED) is 0.778. The zero-order chi connectivity index (χ0) is 12.8. The molecular formula is C12H18N4OS. The standard InChI is InChI=1S/C12H18N4OS/c1-12(5-2-6-12)16-10(17)8-9(13)15-11(18-8)14-7-3-4-7/h7H,2-6,13H2,1H3,(H,14,15)(H,16,17). The second-order valence-corrected chi connectivity index (χ2v) is 6.52. The number of nitrogens with zero attached hydrogens (tertiary/aromatic N) is 1. The van der Waals surface area contributed by atoms with E-state index >= 15 is 0 Å². The zero-order valence-corrected chi connectivity index (χ0v) is 11.3. The van der Waals surface area contributed by atoms with Gasteiger partial charge in [0.1, 0.15) is 10.7 Å². The molecule has 0 atom stereocenters. The van der Waals surface area contributed by atoms with Crippen LogP contribution in [0.5, 0.6) is 0 Å². The molecule has 0 saturated heterocycles. The van der Waals surface area contributed by atoms with Crippen LogP contribution in [0.2, 0.25) is 0 Å². The Kier molecular flexibility index (Phi) is 2.69. The predicted octanol–water partition coefficient (Wildman–Crippen LogP) is 1.97. The third-order valence-corrected chi connectivity index (χ3v) is 4.64. The van der Waals surface area contributed by atoms with Crippen molar-refractivity contribution in [3.05, 3.63) is 4.88 Å². The predicted molar refractivity (Wildman–Crippen MR) is 72.9 cm³/mol. The fourth-order valence-corrected chi connectivity index (χ4v) is 2.98. The second-order valence-electron chi connectivity index (χ2n) is 5.52. The largest absolute Gasteiger partial charge is 0.382 e. The average Bonchev–Trinajstić information content (AvgIpc) is 2.99. The highest BCUT2D eigenvalue weighted by atomic mass is 32.1. The van der Waals surface area contributed by atoms with Crippen LogP contribution in [0, 0.1) is 0 Å². The number of carbonyl (C=O) groups excluding carboxylic acids is 1. The van der Waals surface area contributed by atoms with E-state index in [4.69, 9.17) is 5.73 Å². The lowest BCUT2D eigenvalue weighted by Crippen LogP contribution is -2.50. The molecule has 2 aliphatic rings. The average molecular weight is 266 g/mol. The first kappa shape index (κ1) is 11.8. The first-order chi connectivity index (χ1) is 8.56. The van der Waals surface area contributed by atoms with Crippen molar-refractivity contribution in [2.24, 2.45) is 0 Å². The number of amides is 1. The maximum absolute atomic E-state index is 12.1. The van der Waals surface area contributed by atoms with Crippen LogP contribution in [0.4, 0.5) is 10.9 Å². The summed E-state index contributed by atoms with van der Waals surface area (Å²) in [6, 6.07) is 0.524. The minimum absolute atomic E-state index is 0.0440. The van der Waals surface area contributed by atoms with Crippen molar-refractivity contribution < 1.29 is 4.79 Å². The third-order valence-electron chi connectivity index (χ3n) is 3.64. The zero-order valence-electron chi connectivity index (χ0n) is 10.5. The van der Waals surface area contributed by atoms with Gasteiger partial charge in [0.05, 0.1) is 0 Å². The van der Waals surface area contributed by atoms with Crippen LogP contribution in [-0.4, -0.2) is 22.5 Å². The summed E-state index contributed by atoms with van der Waals surface area (Å²) in [7, 11) is 0. The molecule has 98 valence electrons. The van der Waals surface area contributed by atoms with Gasteiger partial charge in [-0.2, -0.15) is 0 Å². The van der Waals surface area contributed by atoms with Crippen LogP contribution in [-0.2, 0) is 0 Å². The Labute approximate surface area is 110 Å². The topological polar surface area (TPSA) is 80.0 Å². The lowest BCUT2D eigenvalue weighted by atomic mass is 9.78. The SMILES string of the molecule is CC1(NC(=O)c2sc(NC3CC3)nc2N)CCC1. The number of hydrogen-bond donors (Lipinski definition) is 3. The number of carbonyl (C=O) groups is 1. The molecule has 1 aromatic heterocycles. The Bertz CT molecular complexity index is 476. The summed E-state index contributed by atoms with van der Waals surface area (Å²) in [5.41, 5.74) is 5.77. The van der Waals surface area contributed by atoms with Gasteiger partial charge < -0.3 is 16.4 Å². The normalized spacial score (nSPS) is 21.2. The van der Waals surface area contributed by atoms with Crippen molar-refractivity contribution in [3.63, 3.8) is 0 Å². The van der Waals surface area contributed by atoms with Crippen LogP contribution < -0.4 is 16.4 Å². The van der Waals surface area contributed by atoms with Gasteiger partial charge in [-0.3, -0.25) is 4.79 Å². The van der Waals surface area contributed by atoms with Gasteiger partial charge in [0.2, 0.25) is 0 Å². The summed E-state index contributed by atoms with van der Waals surface area (Å²) in [4.78, 5) is 16.9. The Morgan fingerprint density at radius 1 is 1.50 bits per heavy atom. The van der Waals surface area contributed by atoms with Crippen LogP contribution in [0.3, 0.4) is 0 Å². The van der Waals surface area contributed by atoms with Crippen molar-refractivity contribution in [3.8, 4) is 0 Å². The Hall–Kier alpha value is -1.30. The molecule has 0 bridgehead atoms. The van der Waals surface area contributed by atoms with E-state index in [2.05, 4.69) is 22.5 Å². The Morgan fingerprint density at radius 2 is 2.22 bits per heavy atom. The molecule has 1 heterocycles. The highest BCUT2D eigenvalue weighted by Gasteiger charge is 2.34. The molecule has 1 amide bonds. The Balaban J connectivity index is 1.69. The molecule has 4 N–H and O–H groups in total. The molecule has 0 radical (unpaired) electrons. The molecule has 0 unspecified atom stereocenters. The number of thiazole rings is 1. The molecule has 2 fully saturated rings. The van der Waals surface area contributed by atoms with Crippen LogP contribution in [0.25, 0.3) is 0 Å². The highest BCUT2D eigenvalue weighted by Crippen LogP contribution is 2.34. The fourth-order valence-electron chi connectivity index (χ4n) is 2.12. The van der Waals surface area contributed by atoms with E-state index in [1.165, 1.54) is 30.6 Å². The molecule has 3 rings (SSSR count). The first-order valence-corrected chi connectivity index (χ1v) is 7.23. The molecule has 18 heavy (non-hydrogen) atoms. The minimum Gasteiger partial charge on any atom is -0.382 e. The Morgan fingerprint density at radius 3 is 2.78 bits per heavy atom. The number of hydrogen-bond acceptors (Lipinski definition) is 5. The molecule has 2 saturated carbocycles. The van der Waals surface area contributed by atoms with Crippen LogP contribution in [0.1, 0.15) is 48.7 Å². The summed E-state index contributed by atoms with van der Waals surface area (Å²) in [6.07, 6.45) is 5.64. The van der Waals surface area contributed by atoms with Crippen molar-refractivity contribution in [1.82, 2.24) is 10.3 Å². The van der Waals surface area contributed by atoms with E-state index in [0.717, 1.165) is 18.0 Å². The van der Waals surface area contributed by atoms with Gasteiger partial charge in [-0.1, -0.05) is 11.3 Å². The van der Waals surface area contributed by atoms with Gasteiger partial charge in [0, 0.05) is 11.6 Å². The highest BCUT2D eigenvalue weighted by molar-refractivity contribution is 7.18. The molecular weight excluding hydrogens is 248 g/mol. The smallest absolute Gasteiger partial charge is 0.265 e. The number of nitrogen functional groups attached to an aromatic ring is 1. The van der Waals surface area contributed by atoms with E-state index in [1.54, 1.807) is 0 Å². The molecule has 0 aromatic carbocycles. The molecule has 2 aliphatic carbocycles. The van der Waals surface area contributed by atoms with Gasteiger partial charge >= 0.3 is 0 Å². The van der Waals surface area contributed by atoms with Gasteiger partial charge in [-0.05, 0) is 39.0 Å². The van der Waals surface area contributed by atoms with Crippen LogP contribution >= 0.6 is 11.3 Å². The number of anilines is 2. The van der Waals surface area contributed by atoms with E-state index in [-0.39, 0.29) is 11.4 Å². The van der Waals surface area contributed by atoms with E-state index in [0.29, 0.717) is 16.7 Å². The summed E-state index contributed by atoms with van der Waals surface area (Å²) >= 11 is 1.35. The van der Waals surface area contributed by atoms with Gasteiger partial charge in [-0.25, -0.2) is 4.98 Å². The molecule has 6 heteroatoms. The fraction of sp³-hybridized carbons (Fsp3) is 0.667. The lowest BCUT2D eigenvalue weighted by molar-refractivity contribution is 0.0855. The number of nitrogens with one attached hydrogen (secondary N) is 2. The summed E-state index contributed by atoms with van der Waals surface area (Å²) < 4.78 is 0. The molecule has 0 spiro atoms. The van der Waals surface area contributed by atoms with E-state index in [9.17, 15) is 4.79 Å². The van der Waals surface area contributed by atoms with Crippen LogP contribution in [0.15, 0.2) is 0 Å². The first-order valence-electron chi connectivity index (χ1n) is 6.41. The molecule has 0 aliphatic heterocycles. The van der Waals surface area contributed by atoms with Crippen molar-refractivity contribution in [1.29, 1.82) is 0 Å². The maximum atomic E-state index is 12.1. The van der Waals surface area contributed by atoms with Crippen molar-refractivity contribution >= 4 is 28.2 Å². The molecule has 5 nitrogen and oxygen atoms in total. The van der Waals surface area contributed by atoms with E-state index < -0.39 is 0 Å². The summed E-state index contributed by atoms with van der Waals surface area (Å²) in [5, 5.41) is 7.09. The van der Waals surface area contributed by atoms with Crippen molar-refractivity contribution in [2.75, 3.05) is 11.1 Å². The summed E-state index contributed by atoms with van der Waals surface area (Å²) in [5.74, 6) is 0.250. The number of nitrogens with two attached hydrogens (primary N) is 1. The number of rotatable bonds is 4. The number of aromatic nitrogens is 1. The third kappa shape index (κ3) is 2.29. The summed E-state index contributed by atoms with van der Waals surface area (Å²) in [6.45, 7) is 2.08. The van der Waals surface area contributed by atoms with E-state index in [1.807, 2.05) is 0 Å². The monoisotopic (exact) mass is 266 g/mol. The lowest BCUT2D eigenvalue weighted by Gasteiger charge is -2.38. The maximum Gasteiger partial charge on any atom is 0.265 e. The van der Waals surface area contributed by atoms with Gasteiger partial charge in [0.15, 0.2) is 5.13 Å². The van der Waals surface area contributed by atoms with Gasteiger partial charge in [-0.15, -0.1) is 0 Å². The van der Waals surface area contributed by atoms with Crippen molar-refractivity contribution in [2.45, 2.75) is 50.6 Å². The molecule has 1 aromatic rings. The second kappa shape index (κ2) is 4.12. The van der Waals surface area contributed by atoms with Gasteiger partial charge in [0.25, 0.3) is 5.91 Å². The minimum atomic E-state index is -0.0870.